The lowest BCUT2D eigenvalue weighted by molar-refractivity contribution is -0.388. The van der Waals surface area contributed by atoms with Crippen LogP contribution in [-0.4, -0.2) is 30.2 Å². The van der Waals surface area contributed by atoms with Crippen molar-refractivity contribution in [1.29, 1.82) is 0 Å². The molecule has 3 aliphatic carbocycles. The Morgan fingerprint density at radius 2 is 1.97 bits per heavy atom. The maximum absolute atomic E-state index is 12.8. The highest BCUT2D eigenvalue weighted by molar-refractivity contribution is 7.86. The molecule has 4 aliphatic rings. The van der Waals surface area contributed by atoms with Crippen molar-refractivity contribution in [2.45, 2.75) is 44.4 Å². The van der Waals surface area contributed by atoms with Gasteiger partial charge in [0.05, 0.1) is 10.8 Å². The highest BCUT2D eigenvalue weighted by Gasteiger charge is 2.52. The number of nitrogens with zero attached hydrogens (tertiary/aromatic N) is 2. The predicted molar refractivity (Wildman–Crippen MR) is 104 cm³/mol. The van der Waals surface area contributed by atoms with Crippen LogP contribution in [0.2, 0.25) is 0 Å². The average molecular weight is 434 g/mol. The normalized spacial score (nSPS) is 27.6. The second-order valence-corrected chi connectivity index (χ2v) is 10.2. The third-order valence-corrected chi connectivity index (χ3v) is 7.99. The molecule has 1 aliphatic heterocycles. The highest BCUT2D eigenvalue weighted by Crippen LogP contribution is 2.60. The second kappa shape index (κ2) is 6.98. The van der Waals surface area contributed by atoms with Crippen molar-refractivity contribution >= 4 is 27.6 Å². The molecule has 1 aromatic carbocycles. The van der Waals surface area contributed by atoms with E-state index in [1.165, 1.54) is 12.1 Å². The largest absolute Gasteiger partial charge is 0.325 e. The summed E-state index contributed by atoms with van der Waals surface area (Å²) in [6.07, 6.45) is 4.38. The van der Waals surface area contributed by atoms with Gasteiger partial charge in [-0.05, 0) is 42.6 Å². The lowest BCUT2D eigenvalue weighted by Gasteiger charge is -2.56. The zero-order valence-electron chi connectivity index (χ0n) is 16.6. The molecule has 1 saturated heterocycles. The number of hydrogen-bond acceptors (Lipinski definition) is 7. The number of carbonyl (C=O) groups excluding carboxylic acids is 2. The van der Waals surface area contributed by atoms with Crippen molar-refractivity contribution in [3.05, 3.63) is 46.0 Å². The van der Waals surface area contributed by atoms with Crippen LogP contribution in [0, 0.1) is 33.3 Å². The number of amides is 2. The standard InChI is InChI=1S/C20H22N2O7S/c1-20(2)14-8-7-12(15(20)11-14)9-13-10-18(23)21(19(13)24)29-30(27,28)17-6-4-3-5-16(17)22(25)26/h3-7,13-15H,8-11H2,1-2H3/t13-,14-,15+/m0/s1. The van der Waals surface area contributed by atoms with Crippen LogP contribution in [0.5, 0.6) is 0 Å². The summed E-state index contributed by atoms with van der Waals surface area (Å²) in [5.74, 6) is -1.20. The molecule has 0 spiro atoms. The summed E-state index contributed by atoms with van der Waals surface area (Å²) in [5, 5.41) is 11.4. The smallest absolute Gasteiger partial charge is 0.272 e. The Hall–Kier alpha value is -2.59. The monoisotopic (exact) mass is 434 g/mol. The molecule has 1 aromatic rings. The van der Waals surface area contributed by atoms with Crippen LogP contribution < -0.4 is 0 Å². The van der Waals surface area contributed by atoms with Crippen molar-refractivity contribution in [3.63, 3.8) is 0 Å². The van der Waals surface area contributed by atoms with Gasteiger partial charge in [-0.1, -0.05) is 37.6 Å². The third-order valence-electron chi connectivity index (χ3n) is 6.77. The first kappa shape index (κ1) is 20.7. The summed E-state index contributed by atoms with van der Waals surface area (Å²) >= 11 is 0. The van der Waals surface area contributed by atoms with Crippen LogP contribution >= 0.6 is 0 Å². The molecule has 30 heavy (non-hydrogen) atoms. The van der Waals surface area contributed by atoms with Gasteiger partial charge in [0.15, 0.2) is 4.90 Å². The van der Waals surface area contributed by atoms with E-state index >= 15 is 0 Å². The van der Waals surface area contributed by atoms with Crippen molar-refractivity contribution < 1.29 is 27.2 Å². The van der Waals surface area contributed by atoms with Gasteiger partial charge in [-0.15, -0.1) is 9.35 Å². The number of fused-ring (bicyclic) bond motifs is 1. The first-order chi connectivity index (χ1) is 14.0. The van der Waals surface area contributed by atoms with E-state index in [1.54, 1.807) is 0 Å². The number of nitro groups is 1. The summed E-state index contributed by atoms with van der Waals surface area (Å²) < 4.78 is 29.9. The number of hydroxylamine groups is 2. The van der Waals surface area contributed by atoms with Gasteiger partial charge >= 0.3 is 10.1 Å². The molecule has 5 rings (SSSR count). The molecule has 1 saturated carbocycles. The van der Waals surface area contributed by atoms with Crippen molar-refractivity contribution in [3.8, 4) is 0 Å². The van der Waals surface area contributed by atoms with Crippen molar-refractivity contribution in [2.24, 2.45) is 23.2 Å². The summed E-state index contributed by atoms with van der Waals surface area (Å²) in [5.41, 5.74) is 0.612. The van der Waals surface area contributed by atoms with Gasteiger partial charge in [0.1, 0.15) is 0 Å². The Labute approximate surface area is 173 Å². The van der Waals surface area contributed by atoms with Gasteiger partial charge in [-0.3, -0.25) is 19.7 Å². The average Bonchev–Trinajstić information content (AvgIpc) is 2.95. The number of nitro benzene ring substituents is 1. The molecule has 2 amide bonds. The van der Waals surface area contributed by atoms with Crippen LogP contribution in [-0.2, 0) is 24.0 Å². The maximum atomic E-state index is 12.8. The Bertz CT molecular complexity index is 1080. The first-order valence-corrected chi connectivity index (χ1v) is 11.2. The molecular formula is C20H22N2O7S. The van der Waals surface area contributed by atoms with E-state index < -0.39 is 43.4 Å². The van der Waals surface area contributed by atoms with E-state index in [1.807, 2.05) is 0 Å². The van der Waals surface area contributed by atoms with Crippen LogP contribution in [0.25, 0.3) is 0 Å². The lowest BCUT2D eigenvalue weighted by Crippen LogP contribution is -2.48. The molecule has 0 radical (unpaired) electrons. The minimum atomic E-state index is -4.74. The van der Waals surface area contributed by atoms with Crippen molar-refractivity contribution in [2.75, 3.05) is 0 Å². The molecule has 1 heterocycles. The zero-order chi connectivity index (χ0) is 21.8. The zero-order valence-corrected chi connectivity index (χ0v) is 17.4. The van der Waals surface area contributed by atoms with Gasteiger partial charge in [0.25, 0.3) is 17.5 Å². The number of carbonyl (C=O) groups is 2. The topological polar surface area (TPSA) is 124 Å². The number of para-hydroxylation sites is 1. The fraction of sp³-hybridized carbons (Fsp3) is 0.500. The Morgan fingerprint density at radius 1 is 1.27 bits per heavy atom. The van der Waals surface area contributed by atoms with Crippen LogP contribution in [0.1, 0.15) is 39.5 Å². The van der Waals surface area contributed by atoms with Gasteiger partial charge in [-0.25, -0.2) is 0 Å². The summed E-state index contributed by atoms with van der Waals surface area (Å²) in [6.45, 7) is 4.41. The number of rotatable bonds is 6. The van der Waals surface area contributed by atoms with E-state index in [0.717, 1.165) is 30.5 Å². The number of allylic oxidation sites excluding steroid dienone is 2. The minimum absolute atomic E-state index is 0.154. The fourth-order valence-corrected chi connectivity index (χ4v) is 5.93. The predicted octanol–water partition coefficient (Wildman–Crippen LogP) is 2.97. The molecule has 2 bridgehead atoms. The highest BCUT2D eigenvalue weighted by atomic mass is 32.2. The molecule has 10 heteroatoms. The Balaban J connectivity index is 1.51. The summed E-state index contributed by atoms with van der Waals surface area (Å²) in [7, 11) is -4.74. The van der Waals surface area contributed by atoms with Crippen molar-refractivity contribution in [1.82, 2.24) is 5.06 Å². The molecule has 0 N–H and O–H groups in total. The Kier molecular flexibility index (Phi) is 4.81. The van der Waals surface area contributed by atoms with E-state index in [9.17, 15) is 28.1 Å². The molecule has 2 fully saturated rings. The van der Waals surface area contributed by atoms with Gasteiger partial charge < -0.3 is 0 Å². The van der Waals surface area contributed by atoms with E-state index in [4.69, 9.17) is 4.28 Å². The molecule has 160 valence electrons. The SMILES string of the molecule is CC1(C)[C@H]2CC=C(C[C@H]3CC(=O)N(OS(=O)(=O)c4ccccc4[N+](=O)[O-])C3=O)[C@H]1C2. The van der Waals surface area contributed by atoms with E-state index in [-0.39, 0.29) is 16.9 Å². The fourth-order valence-electron chi connectivity index (χ4n) is 4.86. The number of imide groups is 1. The number of benzene rings is 1. The third kappa shape index (κ3) is 3.24. The van der Waals surface area contributed by atoms with E-state index in [0.29, 0.717) is 18.3 Å². The first-order valence-electron chi connectivity index (χ1n) is 9.76. The van der Waals surface area contributed by atoms with Gasteiger partial charge in [0, 0.05) is 12.5 Å². The molecule has 0 aromatic heterocycles. The second-order valence-electron chi connectivity index (χ2n) is 8.71. The van der Waals surface area contributed by atoms with Crippen LogP contribution in [0.3, 0.4) is 0 Å². The van der Waals surface area contributed by atoms with Gasteiger partial charge in [-0.2, -0.15) is 8.42 Å². The quantitative estimate of drug-likeness (QED) is 0.292. The van der Waals surface area contributed by atoms with Crippen LogP contribution in [0.15, 0.2) is 40.8 Å². The maximum Gasteiger partial charge on any atom is 0.325 e. The summed E-state index contributed by atoms with van der Waals surface area (Å²) in [4.78, 5) is 34.6. The molecule has 0 unspecified atom stereocenters. The van der Waals surface area contributed by atoms with Gasteiger partial charge in [0.2, 0.25) is 0 Å². The van der Waals surface area contributed by atoms with E-state index in [2.05, 4.69) is 19.9 Å². The molecule has 3 atom stereocenters. The Morgan fingerprint density at radius 3 is 2.60 bits per heavy atom. The molecule has 9 nitrogen and oxygen atoms in total. The van der Waals surface area contributed by atoms with Crippen LogP contribution in [0.4, 0.5) is 5.69 Å². The minimum Gasteiger partial charge on any atom is -0.272 e. The lowest BCUT2D eigenvalue weighted by atomic mass is 9.48. The molecular weight excluding hydrogens is 412 g/mol. The number of hydrogen-bond donors (Lipinski definition) is 0. The summed E-state index contributed by atoms with van der Waals surface area (Å²) in [6, 6.07) is 4.61.